The number of hydrogen-bond acceptors (Lipinski definition) is 2. The SMILES string of the molecule is C=C1CCC(C(CC(C(=C)c2ccc(CC)c(CCCCCC)c2)C(C)C)NC(=O)OC(C)(C)C)C1.CCC. The van der Waals surface area contributed by atoms with Gasteiger partial charge in [0, 0.05) is 6.04 Å². The number of nitrogens with one attached hydrogen (secondary N) is 1. The van der Waals surface area contributed by atoms with Crippen molar-refractivity contribution in [3.05, 3.63) is 53.6 Å². The van der Waals surface area contributed by atoms with Crippen molar-refractivity contribution in [2.75, 3.05) is 0 Å². The number of aryl methyl sites for hydroxylation is 2. The van der Waals surface area contributed by atoms with Gasteiger partial charge in [-0.3, -0.25) is 0 Å². The topological polar surface area (TPSA) is 38.3 Å². The van der Waals surface area contributed by atoms with Crippen LogP contribution in [0.5, 0.6) is 0 Å². The lowest BCUT2D eigenvalue weighted by atomic mass is 9.77. The lowest BCUT2D eigenvalue weighted by Crippen LogP contribution is -2.44. The average Bonchev–Trinajstić information content (AvgIpc) is 3.29. The first-order valence-corrected chi connectivity index (χ1v) is 15.8. The van der Waals surface area contributed by atoms with E-state index >= 15 is 0 Å². The van der Waals surface area contributed by atoms with E-state index in [1.165, 1.54) is 59.9 Å². The molecule has 1 saturated carbocycles. The zero-order valence-electron chi connectivity index (χ0n) is 27.1. The van der Waals surface area contributed by atoms with Gasteiger partial charge in [-0.25, -0.2) is 4.79 Å². The van der Waals surface area contributed by atoms with Crippen molar-refractivity contribution in [2.45, 2.75) is 145 Å². The Morgan fingerprint density at radius 3 is 2.26 bits per heavy atom. The molecular weight excluding hydrogens is 478 g/mol. The van der Waals surface area contributed by atoms with Crippen LogP contribution in [0.3, 0.4) is 0 Å². The van der Waals surface area contributed by atoms with Crippen LogP contribution in [0.1, 0.15) is 137 Å². The lowest BCUT2D eigenvalue weighted by molar-refractivity contribution is 0.0477. The minimum Gasteiger partial charge on any atom is -0.444 e. The highest BCUT2D eigenvalue weighted by atomic mass is 16.6. The van der Waals surface area contributed by atoms with Crippen LogP contribution < -0.4 is 5.32 Å². The third kappa shape index (κ3) is 12.8. The van der Waals surface area contributed by atoms with E-state index in [-0.39, 0.29) is 18.1 Å². The Labute approximate surface area is 242 Å². The standard InChI is InChI=1S/C33H53NO2.C3H8/c1-10-12-13-14-15-28-21-27(19-18-26(28)11-2)25(6)30(23(3)4)22-31(29-17-16-24(5)20-29)34-32(35)36-33(7,8)9;1-3-2/h18-19,21,23,29-31H,5-6,10-17,20,22H2,1-4,7-9H3,(H,34,35);3H2,1-2H3. The normalized spacial score (nSPS) is 16.9. The molecular formula is C36H61NO2. The number of rotatable bonds is 13. The summed E-state index contributed by atoms with van der Waals surface area (Å²) in [4.78, 5) is 12.8. The number of ether oxygens (including phenoxy) is 1. The van der Waals surface area contributed by atoms with Crippen LogP contribution in [-0.4, -0.2) is 17.7 Å². The number of carbonyl (C=O) groups is 1. The molecule has 3 unspecified atom stereocenters. The van der Waals surface area contributed by atoms with Crippen LogP contribution in [0.2, 0.25) is 0 Å². The van der Waals surface area contributed by atoms with Crippen molar-refractivity contribution in [2.24, 2.45) is 17.8 Å². The first-order chi connectivity index (χ1) is 18.4. The number of amides is 1. The molecule has 2 rings (SSSR count). The highest BCUT2D eigenvalue weighted by molar-refractivity contribution is 5.69. The molecule has 1 aliphatic carbocycles. The fourth-order valence-electron chi connectivity index (χ4n) is 5.59. The fourth-order valence-corrected chi connectivity index (χ4v) is 5.59. The summed E-state index contributed by atoms with van der Waals surface area (Å²) in [6.45, 7) is 27.9. The van der Waals surface area contributed by atoms with Gasteiger partial charge in [0.2, 0.25) is 0 Å². The Balaban J connectivity index is 0.00000242. The number of unbranched alkanes of at least 4 members (excludes halogenated alkanes) is 3. The highest BCUT2D eigenvalue weighted by Crippen LogP contribution is 2.38. The largest absolute Gasteiger partial charge is 0.444 e. The van der Waals surface area contributed by atoms with Crippen LogP contribution in [-0.2, 0) is 17.6 Å². The molecule has 0 radical (unpaired) electrons. The van der Waals surface area contributed by atoms with Crippen molar-refractivity contribution in [3.63, 3.8) is 0 Å². The van der Waals surface area contributed by atoms with E-state index in [0.717, 1.165) is 38.5 Å². The lowest BCUT2D eigenvalue weighted by Gasteiger charge is -2.33. The Bertz CT molecular complexity index is 892. The second kappa shape index (κ2) is 17.6. The van der Waals surface area contributed by atoms with Gasteiger partial charge >= 0.3 is 6.09 Å². The van der Waals surface area contributed by atoms with Gasteiger partial charge in [0.15, 0.2) is 0 Å². The molecule has 0 aromatic heterocycles. The van der Waals surface area contributed by atoms with Crippen molar-refractivity contribution in [1.29, 1.82) is 0 Å². The monoisotopic (exact) mass is 539 g/mol. The van der Waals surface area contributed by atoms with Gasteiger partial charge in [0.05, 0.1) is 0 Å². The minimum atomic E-state index is -0.510. The molecule has 1 aromatic rings. The van der Waals surface area contributed by atoms with Gasteiger partial charge in [0.1, 0.15) is 5.60 Å². The van der Waals surface area contributed by atoms with Crippen LogP contribution in [0, 0.1) is 17.8 Å². The predicted molar refractivity (Wildman–Crippen MR) is 171 cm³/mol. The minimum absolute atomic E-state index is 0.0479. The van der Waals surface area contributed by atoms with Gasteiger partial charge in [-0.2, -0.15) is 0 Å². The van der Waals surface area contributed by atoms with Gasteiger partial charge < -0.3 is 10.1 Å². The molecule has 222 valence electrons. The van der Waals surface area contributed by atoms with Crippen LogP contribution in [0.4, 0.5) is 4.79 Å². The van der Waals surface area contributed by atoms with Crippen LogP contribution in [0.15, 0.2) is 36.9 Å². The first kappa shape index (κ1) is 35.0. The molecule has 0 heterocycles. The molecule has 3 heteroatoms. The van der Waals surface area contributed by atoms with Crippen LogP contribution in [0.25, 0.3) is 5.57 Å². The van der Waals surface area contributed by atoms with Gasteiger partial charge in [-0.15, -0.1) is 0 Å². The maximum absolute atomic E-state index is 12.8. The molecule has 1 fully saturated rings. The molecule has 0 saturated heterocycles. The van der Waals surface area contributed by atoms with E-state index in [1.807, 2.05) is 20.8 Å². The summed E-state index contributed by atoms with van der Waals surface area (Å²) in [5.74, 6) is 1.10. The molecule has 1 N–H and O–H groups in total. The molecule has 1 aromatic carbocycles. The summed E-state index contributed by atoms with van der Waals surface area (Å²) in [5, 5.41) is 3.25. The summed E-state index contributed by atoms with van der Waals surface area (Å²) in [6, 6.07) is 7.02. The maximum Gasteiger partial charge on any atom is 0.407 e. The molecule has 0 spiro atoms. The van der Waals surface area contributed by atoms with Crippen molar-refractivity contribution < 1.29 is 9.53 Å². The highest BCUT2D eigenvalue weighted by Gasteiger charge is 2.33. The quantitative estimate of drug-likeness (QED) is 0.200. The Morgan fingerprint density at radius 1 is 1.08 bits per heavy atom. The van der Waals surface area contributed by atoms with Crippen molar-refractivity contribution >= 4 is 11.7 Å². The second-order valence-electron chi connectivity index (χ2n) is 13.0. The maximum atomic E-state index is 12.8. The van der Waals surface area contributed by atoms with Gasteiger partial charge in [-0.1, -0.05) is 104 Å². The zero-order chi connectivity index (χ0) is 29.6. The molecule has 0 bridgehead atoms. The van der Waals surface area contributed by atoms with Crippen molar-refractivity contribution in [1.82, 2.24) is 5.32 Å². The Morgan fingerprint density at radius 2 is 1.74 bits per heavy atom. The van der Waals surface area contributed by atoms with Gasteiger partial charge in [-0.05, 0) is 106 Å². The summed E-state index contributed by atoms with van der Waals surface area (Å²) in [7, 11) is 0. The van der Waals surface area contributed by atoms with E-state index < -0.39 is 5.60 Å². The number of hydrogen-bond donors (Lipinski definition) is 1. The van der Waals surface area contributed by atoms with E-state index in [0.29, 0.717) is 11.8 Å². The van der Waals surface area contributed by atoms with E-state index in [4.69, 9.17) is 4.74 Å². The van der Waals surface area contributed by atoms with E-state index in [1.54, 1.807) is 0 Å². The summed E-state index contributed by atoms with van der Waals surface area (Å²) in [6.07, 6.45) is 12.2. The Hall–Kier alpha value is -2.03. The van der Waals surface area contributed by atoms with Crippen molar-refractivity contribution in [3.8, 4) is 0 Å². The first-order valence-electron chi connectivity index (χ1n) is 15.8. The second-order valence-corrected chi connectivity index (χ2v) is 13.0. The van der Waals surface area contributed by atoms with E-state index in [2.05, 4.69) is 78.2 Å². The third-order valence-corrected chi connectivity index (χ3v) is 7.71. The van der Waals surface area contributed by atoms with Crippen LogP contribution >= 0.6 is 0 Å². The average molecular weight is 540 g/mol. The number of allylic oxidation sites excluding steroid dienone is 2. The number of alkyl carbamates (subject to hydrolysis) is 1. The number of carbonyl (C=O) groups excluding carboxylic acids is 1. The summed E-state index contributed by atoms with van der Waals surface area (Å²) in [5.41, 5.74) is 6.16. The molecule has 39 heavy (non-hydrogen) atoms. The smallest absolute Gasteiger partial charge is 0.407 e. The number of benzene rings is 1. The van der Waals surface area contributed by atoms with Gasteiger partial charge in [0.25, 0.3) is 0 Å². The zero-order valence-corrected chi connectivity index (χ0v) is 27.1. The summed E-state index contributed by atoms with van der Waals surface area (Å²) >= 11 is 0. The summed E-state index contributed by atoms with van der Waals surface area (Å²) < 4.78 is 5.64. The molecule has 3 atom stereocenters. The fraction of sp³-hybridized carbons (Fsp3) is 0.694. The molecule has 0 aliphatic heterocycles. The van der Waals surface area contributed by atoms with E-state index in [9.17, 15) is 4.79 Å². The molecule has 3 nitrogen and oxygen atoms in total. The Kier molecular flexibility index (Phi) is 15.8. The molecule has 1 aliphatic rings. The predicted octanol–water partition coefficient (Wildman–Crippen LogP) is 10.7. The molecule has 1 amide bonds. The third-order valence-electron chi connectivity index (χ3n) is 7.71.